The van der Waals surface area contributed by atoms with Gasteiger partial charge >= 0.3 is 0 Å². The second kappa shape index (κ2) is 4.92. The molecular weight excluding hydrogens is 276 g/mol. The minimum Gasteiger partial charge on any atom is -0.303 e. The van der Waals surface area contributed by atoms with Crippen molar-refractivity contribution in [2.24, 2.45) is 0 Å². The Morgan fingerprint density at radius 3 is 3.00 bits per heavy atom. The van der Waals surface area contributed by atoms with Crippen molar-refractivity contribution in [2.75, 3.05) is 13.6 Å². The maximum Gasteiger partial charge on any atom is 0.260 e. The summed E-state index contributed by atoms with van der Waals surface area (Å²) in [6.07, 6.45) is 3.26. The zero-order valence-electron chi connectivity index (χ0n) is 12.6. The topological polar surface area (TPSA) is 42.5 Å². The number of hydrogen-bond donors (Lipinski definition) is 0. The molecule has 2 aliphatic rings. The molecular formula is C17H18N4O. The van der Waals surface area contributed by atoms with Crippen LogP contribution in [-0.2, 0) is 6.54 Å². The highest BCUT2D eigenvalue weighted by molar-refractivity contribution is 5.81. The normalized spacial score (nSPS) is 24.5. The van der Waals surface area contributed by atoms with Crippen LogP contribution in [0.1, 0.15) is 31.0 Å². The van der Waals surface area contributed by atoms with Crippen molar-refractivity contribution in [3.8, 4) is 0 Å². The van der Waals surface area contributed by atoms with Crippen LogP contribution in [0.25, 0.3) is 15.7 Å². The van der Waals surface area contributed by atoms with E-state index in [1.165, 1.54) is 0 Å². The summed E-state index contributed by atoms with van der Waals surface area (Å²) in [5, 5.41) is 0.569. The molecule has 2 atom stereocenters. The summed E-state index contributed by atoms with van der Waals surface area (Å²) in [4.78, 5) is 23.4. The molecule has 3 heterocycles. The first kappa shape index (κ1) is 13.5. The van der Waals surface area contributed by atoms with Gasteiger partial charge in [0.05, 0.1) is 17.5 Å². The summed E-state index contributed by atoms with van der Waals surface area (Å²) in [7, 11) is 2.17. The molecule has 0 saturated carbocycles. The van der Waals surface area contributed by atoms with E-state index in [4.69, 9.17) is 11.6 Å². The molecule has 5 heteroatoms. The van der Waals surface area contributed by atoms with Gasteiger partial charge < -0.3 is 4.90 Å². The molecule has 2 aromatic rings. The predicted octanol–water partition coefficient (Wildman–Crippen LogP) is 2.53. The van der Waals surface area contributed by atoms with Crippen LogP contribution in [-0.4, -0.2) is 34.1 Å². The number of fused-ring (bicyclic) bond motifs is 4. The maximum atomic E-state index is 12.8. The Morgan fingerprint density at radius 1 is 1.32 bits per heavy atom. The average Bonchev–Trinajstić information content (AvgIpc) is 2.55. The van der Waals surface area contributed by atoms with Crippen LogP contribution in [0.5, 0.6) is 0 Å². The molecule has 2 aliphatic heterocycles. The Bertz CT molecular complexity index is 848. The van der Waals surface area contributed by atoms with Crippen LogP contribution in [0.3, 0.4) is 0 Å². The van der Waals surface area contributed by atoms with E-state index in [0.717, 1.165) is 43.7 Å². The van der Waals surface area contributed by atoms with E-state index in [-0.39, 0.29) is 5.56 Å². The highest BCUT2D eigenvalue weighted by Crippen LogP contribution is 2.36. The van der Waals surface area contributed by atoms with E-state index in [1.54, 1.807) is 18.2 Å². The fourth-order valence-corrected chi connectivity index (χ4v) is 4.00. The van der Waals surface area contributed by atoms with Crippen molar-refractivity contribution < 1.29 is 0 Å². The fourth-order valence-electron chi connectivity index (χ4n) is 4.00. The van der Waals surface area contributed by atoms with E-state index in [0.29, 0.717) is 23.0 Å². The number of nitrogens with zero attached hydrogens (tertiary/aromatic N) is 4. The molecule has 22 heavy (non-hydrogen) atoms. The predicted molar refractivity (Wildman–Crippen MR) is 85.3 cm³/mol. The quantitative estimate of drug-likeness (QED) is 0.701. The number of aromatic nitrogens is 2. The zero-order valence-corrected chi connectivity index (χ0v) is 12.6. The summed E-state index contributed by atoms with van der Waals surface area (Å²) in [6, 6.07) is 5.72. The third-order valence-electron chi connectivity index (χ3n) is 5.13. The molecule has 0 bridgehead atoms. The zero-order chi connectivity index (χ0) is 15.3. The number of likely N-dealkylation sites (tertiary alicyclic amines) is 1. The Balaban J connectivity index is 1.93. The van der Waals surface area contributed by atoms with Crippen LogP contribution in [0.2, 0.25) is 0 Å². The molecule has 0 N–H and O–H groups in total. The van der Waals surface area contributed by atoms with Crippen molar-refractivity contribution >= 4 is 16.6 Å². The summed E-state index contributed by atoms with van der Waals surface area (Å²) in [5.41, 5.74) is 1.23. The first-order chi connectivity index (χ1) is 10.7. The minimum atomic E-state index is 0.0113. The third-order valence-corrected chi connectivity index (χ3v) is 5.13. The van der Waals surface area contributed by atoms with Gasteiger partial charge in [-0.2, -0.15) is 0 Å². The molecule has 0 amide bonds. The van der Waals surface area contributed by atoms with Gasteiger partial charge in [0.15, 0.2) is 5.69 Å². The number of hydrogen-bond acceptors (Lipinski definition) is 3. The maximum absolute atomic E-state index is 12.8. The van der Waals surface area contributed by atoms with Gasteiger partial charge in [-0.15, -0.1) is 0 Å². The second-order valence-corrected chi connectivity index (χ2v) is 6.33. The Morgan fingerprint density at radius 2 is 2.18 bits per heavy atom. The molecule has 1 aromatic carbocycles. The van der Waals surface area contributed by atoms with Gasteiger partial charge in [0.2, 0.25) is 0 Å². The SMILES string of the molecule is [C-]#[N+]c1ccc2nc3n(c(=O)c2c1)CC[C@@H]1[C@@H]3CCCN1C. The highest BCUT2D eigenvalue weighted by Gasteiger charge is 2.36. The van der Waals surface area contributed by atoms with Crippen molar-refractivity contribution in [3.63, 3.8) is 0 Å². The van der Waals surface area contributed by atoms with E-state index >= 15 is 0 Å². The van der Waals surface area contributed by atoms with Gasteiger partial charge in [-0.05, 0) is 45.0 Å². The number of likely N-dealkylation sites (N-methyl/N-ethyl adjacent to an activating group) is 1. The highest BCUT2D eigenvalue weighted by atomic mass is 16.1. The molecule has 0 radical (unpaired) electrons. The molecule has 5 nitrogen and oxygen atoms in total. The van der Waals surface area contributed by atoms with Crippen molar-refractivity contribution in [1.82, 2.24) is 14.5 Å². The van der Waals surface area contributed by atoms with E-state index in [9.17, 15) is 4.79 Å². The monoisotopic (exact) mass is 294 g/mol. The van der Waals surface area contributed by atoms with Crippen molar-refractivity contribution in [1.29, 1.82) is 0 Å². The molecule has 1 fully saturated rings. The lowest BCUT2D eigenvalue weighted by atomic mass is 9.84. The van der Waals surface area contributed by atoms with Gasteiger partial charge in [0, 0.05) is 18.5 Å². The van der Waals surface area contributed by atoms with Gasteiger partial charge in [-0.3, -0.25) is 9.36 Å². The van der Waals surface area contributed by atoms with E-state index in [2.05, 4.69) is 16.8 Å². The molecule has 112 valence electrons. The standard InChI is InChI=1S/C17H18N4O/c1-18-11-5-6-14-13(10-11)17(22)21-9-7-15-12(16(21)19-14)4-3-8-20(15)2/h5-6,10,12,15H,3-4,7-9H2,2H3/t12-,15+/m0/s1. The molecule has 4 rings (SSSR count). The van der Waals surface area contributed by atoms with Crippen LogP contribution in [0, 0.1) is 6.57 Å². The fraction of sp³-hybridized carbons (Fsp3) is 0.471. The van der Waals surface area contributed by atoms with Crippen molar-refractivity contribution in [2.45, 2.75) is 37.8 Å². The lowest BCUT2D eigenvalue weighted by molar-refractivity contribution is 0.123. The van der Waals surface area contributed by atoms with Gasteiger partial charge in [0.1, 0.15) is 5.82 Å². The van der Waals surface area contributed by atoms with Gasteiger partial charge in [-0.25, -0.2) is 9.83 Å². The molecule has 1 saturated heterocycles. The number of rotatable bonds is 0. The lowest BCUT2D eigenvalue weighted by Crippen LogP contribution is -2.47. The first-order valence-corrected chi connectivity index (χ1v) is 7.81. The van der Waals surface area contributed by atoms with Gasteiger partial charge in [-0.1, -0.05) is 6.07 Å². The molecule has 0 aliphatic carbocycles. The van der Waals surface area contributed by atoms with E-state index < -0.39 is 0 Å². The Kier molecular flexibility index (Phi) is 3.02. The van der Waals surface area contributed by atoms with Gasteiger partial charge in [0.25, 0.3) is 5.56 Å². The third kappa shape index (κ3) is 1.87. The Labute approximate surface area is 129 Å². The molecule has 1 aromatic heterocycles. The summed E-state index contributed by atoms with van der Waals surface area (Å²) < 4.78 is 1.84. The van der Waals surface area contributed by atoms with E-state index in [1.807, 2.05) is 4.57 Å². The Hall–Kier alpha value is -2.19. The number of piperidine rings is 1. The average molecular weight is 294 g/mol. The summed E-state index contributed by atoms with van der Waals surface area (Å²) in [6.45, 7) is 8.97. The number of benzene rings is 1. The first-order valence-electron chi connectivity index (χ1n) is 7.81. The van der Waals surface area contributed by atoms with Crippen molar-refractivity contribution in [3.05, 3.63) is 45.8 Å². The van der Waals surface area contributed by atoms with Crippen LogP contribution < -0.4 is 5.56 Å². The largest absolute Gasteiger partial charge is 0.303 e. The van der Waals surface area contributed by atoms with Crippen LogP contribution in [0.4, 0.5) is 5.69 Å². The second-order valence-electron chi connectivity index (χ2n) is 6.33. The lowest BCUT2D eigenvalue weighted by Gasteiger charge is -2.42. The summed E-state index contributed by atoms with van der Waals surface area (Å²) >= 11 is 0. The molecule has 0 unspecified atom stereocenters. The smallest absolute Gasteiger partial charge is 0.260 e. The summed E-state index contributed by atoms with van der Waals surface area (Å²) in [5.74, 6) is 1.29. The minimum absolute atomic E-state index is 0.0113. The van der Waals surface area contributed by atoms with Crippen LogP contribution >= 0.6 is 0 Å². The molecule has 0 spiro atoms. The van der Waals surface area contributed by atoms with Crippen LogP contribution in [0.15, 0.2) is 23.0 Å².